The number of unbranched alkanes of at least 4 members (excludes halogenated alkanes) is 1. The first-order chi connectivity index (χ1) is 9.67. The van der Waals surface area contributed by atoms with Crippen LogP contribution < -0.4 is 5.32 Å². The van der Waals surface area contributed by atoms with Crippen LogP contribution in [0.2, 0.25) is 0 Å². The first-order valence-corrected chi connectivity index (χ1v) is 9.15. The predicted octanol–water partition coefficient (Wildman–Crippen LogP) is 4.97. The fraction of sp³-hybridized carbons (Fsp3) is 0.824. The minimum absolute atomic E-state index is 0.474. The Kier molecular flexibility index (Phi) is 8.39. The predicted molar refractivity (Wildman–Crippen MR) is 90.6 cm³/mol. The third-order valence-electron chi connectivity index (χ3n) is 4.46. The average molecular weight is 297 g/mol. The number of nitrogens with zero attached hydrogens (tertiary/aromatic N) is 1. The highest BCUT2D eigenvalue weighted by Crippen LogP contribution is 2.34. The van der Waals surface area contributed by atoms with Gasteiger partial charge in [0, 0.05) is 11.4 Å². The SMILES string of the molecule is CCCCC(CC)(CCc1scnc1C)CNCCC. The summed E-state index contributed by atoms with van der Waals surface area (Å²) in [4.78, 5) is 5.86. The molecule has 1 aromatic rings. The molecule has 1 aromatic heterocycles. The highest BCUT2D eigenvalue weighted by atomic mass is 32.1. The molecule has 0 aromatic carbocycles. The Bertz CT molecular complexity index is 362. The van der Waals surface area contributed by atoms with E-state index in [-0.39, 0.29) is 0 Å². The monoisotopic (exact) mass is 296 g/mol. The molecule has 0 bridgehead atoms. The number of hydrogen-bond acceptors (Lipinski definition) is 3. The van der Waals surface area contributed by atoms with Crippen LogP contribution in [-0.2, 0) is 6.42 Å². The summed E-state index contributed by atoms with van der Waals surface area (Å²) in [6.07, 6.45) is 9.00. The Hall–Kier alpha value is -0.410. The summed E-state index contributed by atoms with van der Waals surface area (Å²) < 4.78 is 0. The van der Waals surface area contributed by atoms with E-state index in [2.05, 4.69) is 38.0 Å². The fourth-order valence-corrected chi connectivity index (χ4v) is 3.59. The molecular formula is C17H32N2S. The van der Waals surface area contributed by atoms with Crippen LogP contribution in [0.3, 0.4) is 0 Å². The van der Waals surface area contributed by atoms with Gasteiger partial charge in [-0.15, -0.1) is 11.3 Å². The molecule has 0 amide bonds. The Labute approximate surface area is 129 Å². The third-order valence-corrected chi connectivity index (χ3v) is 5.46. The summed E-state index contributed by atoms with van der Waals surface area (Å²) in [5.41, 5.74) is 3.69. The van der Waals surface area contributed by atoms with E-state index in [0.29, 0.717) is 5.41 Å². The molecule has 3 heteroatoms. The van der Waals surface area contributed by atoms with Gasteiger partial charge >= 0.3 is 0 Å². The summed E-state index contributed by atoms with van der Waals surface area (Å²) >= 11 is 1.82. The largest absolute Gasteiger partial charge is 0.316 e. The van der Waals surface area contributed by atoms with E-state index in [1.807, 2.05) is 16.8 Å². The standard InChI is InChI=1S/C17H32N2S/c1-5-8-10-17(7-3,13-18-12-6-2)11-9-16-15(4)19-14-20-16/h14,18H,5-13H2,1-4H3. The smallest absolute Gasteiger partial charge is 0.0797 e. The lowest BCUT2D eigenvalue weighted by Gasteiger charge is -2.33. The Balaban J connectivity index is 2.61. The third kappa shape index (κ3) is 5.53. The van der Waals surface area contributed by atoms with Crippen LogP contribution in [0.5, 0.6) is 0 Å². The van der Waals surface area contributed by atoms with Crippen LogP contribution >= 0.6 is 11.3 Å². The fourth-order valence-electron chi connectivity index (χ4n) is 2.81. The zero-order valence-corrected chi connectivity index (χ0v) is 14.6. The minimum Gasteiger partial charge on any atom is -0.316 e. The van der Waals surface area contributed by atoms with E-state index in [1.165, 1.54) is 62.1 Å². The van der Waals surface area contributed by atoms with Crippen LogP contribution in [0.15, 0.2) is 5.51 Å². The van der Waals surface area contributed by atoms with Crippen LogP contribution in [0, 0.1) is 12.3 Å². The van der Waals surface area contributed by atoms with Gasteiger partial charge < -0.3 is 5.32 Å². The van der Waals surface area contributed by atoms with Gasteiger partial charge in [0.2, 0.25) is 0 Å². The number of thiazole rings is 1. The number of rotatable bonds is 11. The van der Waals surface area contributed by atoms with Crippen molar-refractivity contribution in [1.82, 2.24) is 10.3 Å². The molecule has 0 aliphatic rings. The first kappa shape index (κ1) is 17.6. The molecular weight excluding hydrogens is 264 g/mol. The van der Waals surface area contributed by atoms with Crippen LogP contribution in [0.1, 0.15) is 69.9 Å². The highest BCUT2D eigenvalue weighted by molar-refractivity contribution is 7.09. The van der Waals surface area contributed by atoms with Gasteiger partial charge in [0.05, 0.1) is 11.2 Å². The topological polar surface area (TPSA) is 24.9 Å². The summed E-state index contributed by atoms with van der Waals surface area (Å²) in [5.74, 6) is 0. The molecule has 1 rings (SSSR count). The van der Waals surface area contributed by atoms with Crippen molar-refractivity contribution in [3.8, 4) is 0 Å². The second kappa shape index (κ2) is 9.51. The Morgan fingerprint density at radius 2 is 2.00 bits per heavy atom. The van der Waals surface area contributed by atoms with Crippen molar-refractivity contribution >= 4 is 11.3 Å². The van der Waals surface area contributed by atoms with Crippen molar-refractivity contribution in [1.29, 1.82) is 0 Å². The van der Waals surface area contributed by atoms with E-state index < -0.39 is 0 Å². The van der Waals surface area contributed by atoms with E-state index in [9.17, 15) is 0 Å². The highest BCUT2D eigenvalue weighted by Gasteiger charge is 2.27. The molecule has 20 heavy (non-hydrogen) atoms. The normalized spacial score (nSPS) is 14.4. The second-order valence-electron chi connectivity index (χ2n) is 5.99. The maximum absolute atomic E-state index is 4.38. The molecule has 2 nitrogen and oxygen atoms in total. The van der Waals surface area contributed by atoms with Crippen LogP contribution in [0.4, 0.5) is 0 Å². The zero-order valence-electron chi connectivity index (χ0n) is 13.8. The van der Waals surface area contributed by atoms with Crippen LogP contribution in [0.25, 0.3) is 0 Å². The summed E-state index contributed by atoms with van der Waals surface area (Å²) in [5, 5.41) is 3.67. The van der Waals surface area contributed by atoms with Crippen LogP contribution in [-0.4, -0.2) is 18.1 Å². The summed E-state index contributed by atoms with van der Waals surface area (Å²) in [6.45, 7) is 11.4. The maximum Gasteiger partial charge on any atom is 0.0797 e. The molecule has 0 aliphatic carbocycles. The van der Waals surface area contributed by atoms with Gasteiger partial charge in [-0.05, 0) is 51.0 Å². The lowest BCUT2D eigenvalue weighted by molar-refractivity contribution is 0.213. The van der Waals surface area contributed by atoms with Gasteiger partial charge in [-0.1, -0.05) is 33.6 Å². The molecule has 116 valence electrons. The Morgan fingerprint density at radius 1 is 1.20 bits per heavy atom. The zero-order chi connectivity index (χ0) is 14.8. The number of aromatic nitrogens is 1. The maximum atomic E-state index is 4.38. The van der Waals surface area contributed by atoms with E-state index in [4.69, 9.17) is 0 Å². The van der Waals surface area contributed by atoms with E-state index in [0.717, 1.165) is 6.54 Å². The minimum atomic E-state index is 0.474. The van der Waals surface area contributed by atoms with Gasteiger partial charge in [0.25, 0.3) is 0 Å². The lowest BCUT2D eigenvalue weighted by atomic mass is 9.76. The molecule has 0 saturated heterocycles. The molecule has 1 atom stereocenters. The van der Waals surface area contributed by atoms with Crippen molar-refractivity contribution in [2.45, 2.75) is 72.6 Å². The van der Waals surface area contributed by atoms with Crippen molar-refractivity contribution in [2.24, 2.45) is 5.41 Å². The molecule has 1 unspecified atom stereocenters. The molecule has 1 N–H and O–H groups in total. The van der Waals surface area contributed by atoms with Crippen molar-refractivity contribution in [3.05, 3.63) is 16.1 Å². The summed E-state index contributed by atoms with van der Waals surface area (Å²) in [6, 6.07) is 0. The number of aryl methyl sites for hydroxylation is 2. The van der Waals surface area contributed by atoms with Crippen molar-refractivity contribution < 1.29 is 0 Å². The quantitative estimate of drug-likeness (QED) is 0.583. The lowest BCUT2D eigenvalue weighted by Crippen LogP contribution is -2.35. The van der Waals surface area contributed by atoms with Gasteiger partial charge in [-0.3, -0.25) is 0 Å². The molecule has 0 spiro atoms. The van der Waals surface area contributed by atoms with Crippen molar-refractivity contribution in [2.75, 3.05) is 13.1 Å². The van der Waals surface area contributed by atoms with E-state index in [1.54, 1.807) is 0 Å². The average Bonchev–Trinajstić information content (AvgIpc) is 2.87. The van der Waals surface area contributed by atoms with Gasteiger partial charge in [-0.25, -0.2) is 4.98 Å². The molecule has 0 aliphatic heterocycles. The van der Waals surface area contributed by atoms with E-state index >= 15 is 0 Å². The first-order valence-electron chi connectivity index (χ1n) is 8.27. The van der Waals surface area contributed by atoms with Crippen molar-refractivity contribution in [3.63, 3.8) is 0 Å². The summed E-state index contributed by atoms with van der Waals surface area (Å²) in [7, 11) is 0. The number of hydrogen-bond donors (Lipinski definition) is 1. The Morgan fingerprint density at radius 3 is 2.55 bits per heavy atom. The molecule has 1 heterocycles. The number of nitrogens with one attached hydrogen (secondary N) is 1. The van der Waals surface area contributed by atoms with Gasteiger partial charge in [0.1, 0.15) is 0 Å². The van der Waals surface area contributed by atoms with Gasteiger partial charge in [0.15, 0.2) is 0 Å². The molecule has 0 saturated carbocycles. The molecule has 0 fully saturated rings. The van der Waals surface area contributed by atoms with Gasteiger partial charge in [-0.2, -0.15) is 0 Å². The second-order valence-corrected chi connectivity index (χ2v) is 6.93. The molecule has 0 radical (unpaired) electrons.